The zero-order chi connectivity index (χ0) is 12.6. The summed E-state index contributed by atoms with van der Waals surface area (Å²) in [4.78, 5) is 12.9. The lowest BCUT2D eigenvalue weighted by molar-refractivity contribution is -0.145. The summed E-state index contributed by atoms with van der Waals surface area (Å²) in [6, 6.07) is 5.77. The smallest absolute Gasteiger partial charge is 0.322 e. The number of hydrogen-bond acceptors (Lipinski definition) is 5. The molecule has 1 aliphatic carbocycles. The average molecular weight is 266 g/mol. The van der Waals surface area contributed by atoms with Gasteiger partial charge in [-0.2, -0.15) is 0 Å². The van der Waals surface area contributed by atoms with E-state index in [1.54, 1.807) is 11.8 Å². The van der Waals surface area contributed by atoms with E-state index >= 15 is 0 Å². The van der Waals surface area contributed by atoms with Crippen molar-refractivity contribution in [2.75, 3.05) is 13.9 Å². The van der Waals surface area contributed by atoms with Gasteiger partial charge >= 0.3 is 5.97 Å². The van der Waals surface area contributed by atoms with Gasteiger partial charge in [-0.1, -0.05) is 0 Å². The van der Waals surface area contributed by atoms with Gasteiger partial charge in [-0.25, -0.2) is 0 Å². The third kappa shape index (κ3) is 1.82. The van der Waals surface area contributed by atoms with Crippen LogP contribution in [0.2, 0.25) is 0 Å². The quantitative estimate of drug-likeness (QED) is 0.787. The Bertz CT molecular complexity index is 482. The van der Waals surface area contributed by atoms with Crippen LogP contribution in [0.5, 0.6) is 11.5 Å². The van der Waals surface area contributed by atoms with Crippen LogP contribution < -0.4 is 9.47 Å². The second-order valence-electron chi connectivity index (χ2n) is 4.46. The highest BCUT2D eigenvalue weighted by Gasteiger charge is 2.46. The van der Waals surface area contributed by atoms with Gasteiger partial charge in [0.25, 0.3) is 0 Å². The SMILES string of the molecule is COC(=O)C1(Sc2ccc3c(c2)OCO3)CCC1. The molecule has 1 saturated carbocycles. The van der Waals surface area contributed by atoms with Crippen molar-refractivity contribution in [2.24, 2.45) is 0 Å². The molecule has 3 rings (SSSR count). The molecule has 96 valence electrons. The van der Waals surface area contributed by atoms with Crippen LogP contribution in [0.3, 0.4) is 0 Å². The third-order valence-corrected chi connectivity index (χ3v) is 4.83. The van der Waals surface area contributed by atoms with Crippen molar-refractivity contribution in [1.82, 2.24) is 0 Å². The summed E-state index contributed by atoms with van der Waals surface area (Å²) in [6.45, 7) is 0.269. The molecule has 0 radical (unpaired) electrons. The summed E-state index contributed by atoms with van der Waals surface area (Å²) in [5.41, 5.74) is 0. The predicted octanol–water partition coefficient (Wildman–Crippen LogP) is 2.60. The molecule has 0 aromatic heterocycles. The summed E-state index contributed by atoms with van der Waals surface area (Å²) in [6.07, 6.45) is 2.82. The van der Waals surface area contributed by atoms with Crippen LogP contribution in [-0.2, 0) is 9.53 Å². The van der Waals surface area contributed by atoms with E-state index in [1.807, 2.05) is 18.2 Å². The van der Waals surface area contributed by atoms with Crippen molar-refractivity contribution >= 4 is 17.7 Å². The molecule has 1 fully saturated rings. The van der Waals surface area contributed by atoms with Gasteiger partial charge in [0.1, 0.15) is 4.75 Å². The van der Waals surface area contributed by atoms with Crippen molar-refractivity contribution in [3.05, 3.63) is 18.2 Å². The molecule has 0 atom stereocenters. The van der Waals surface area contributed by atoms with Gasteiger partial charge in [0.2, 0.25) is 6.79 Å². The zero-order valence-electron chi connectivity index (χ0n) is 10.1. The van der Waals surface area contributed by atoms with Gasteiger partial charge in [-0.15, -0.1) is 11.8 Å². The van der Waals surface area contributed by atoms with Crippen LogP contribution in [0.25, 0.3) is 0 Å². The first-order valence-electron chi connectivity index (χ1n) is 5.91. The van der Waals surface area contributed by atoms with Crippen LogP contribution >= 0.6 is 11.8 Å². The predicted molar refractivity (Wildman–Crippen MR) is 67.0 cm³/mol. The highest BCUT2D eigenvalue weighted by atomic mass is 32.2. The fraction of sp³-hybridized carbons (Fsp3) is 0.462. The normalized spacial score (nSPS) is 19.2. The molecule has 1 heterocycles. The van der Waals surface area contributed by atoms with Crippen molar-refractivity contribution < 1.29 is 19.0 Å². The van der Waals surface area contributed by atoms with Gasteiger partial charge in [0, 0.05) is 4.90 Å². The number of thioether (sulfide) groups is 1. The molecule has 1 aromatic carbocycles. The molecule has 0 amide bonds. The van der Waals surface area contributed by atoms with E-state index in [-0.39, 0.29) is 12.8 Å². The third-order valence-electron chi connectivity index (χ3n) is 3.38. The lowest BCUT2D eigenvalue weighted by atomic mass is 9.84. The number of rotatable bonds is 3. The minimum atomic E-state index is -0.400. The molecule has 2 aliphatic rings. The number of carbonyl (C=O) groups is 1. The van der Waals surface area contributed by atoms with Crippen molar-refractivity contribution in [1.29, 1.82) is 0 Å². The molecule has 0 unspecified atom stereocenters. The Hall–Kier alpha value is -1.36. The Morgan fingerprint density at radius 3 is 2.78 bits per heavy atom. The molecule has 5 heteroatoms. The van der Waals surface area contributed by atoms with E-state index in [0.717, 1.165) is 35.7 Å². The molecule has 18 heavy (non-hydrogen) atoms. The topological polar surface area (TPSA) is 44.8 Å². The standard InChI is InChI=1S/C13H14O4S/c1-15-12(14)13(5-2-6-13)18-9-3-4-10-11(7-9)17-8-16-10/h3-4,7H,2,5-6,8H2,1H3. The molecular formula is C13H14O4S. The largest absolute Gasteiger partial charge is 0.468 e. The fourth-order valence-electron chi connectivity index (χ4n) is 2.20. The monoisotopic (exact) mass is 266 g/mol. The van der Waals surface area contributed by atoms with E-state index in [1.165, 1.54) is 7.11 Å². The lowest BCUT2D eigenvalue weighted by Crippen LogP contribution is -2.42. The molecule has 0 N–H and O–H groups in total. The number of fused-ring (bicyclic) bond motifs is 1. The minimum absolute atomic E-state index is 0.128. The van der Waals surface area contributed by atoms with Gasteiger partial charge < -0.3 is 14.2 Å². The van der Waals surface area contributed by atoms with E-state index in [2.05, 4.69) is 0 Å². The summed E-state index contributed by atoms with van der Waals surface area (Å²) in [5.74, 6) is 1.39. The number of esters is 1. The van der Waals surface area contributed by atoms with E-state index in [0.29, 0.717) is 0 Å². The highest BCUT2D eigenvalue weighted by Crippen LogP contribution is 2.49. The average Bonchev–Trinajstić information content (AvgIpc) is 2.80. The molecule has 1 aromatic rings. The Kier molecular flexibility index (Phi) is 2.86. The maximum atomic E-state index is 11.9. The highest BCUT2D eigenvalue weighted by molar-refractivity contribution is 8.01. The molecule has 4 nitrogen and oxygen atoms in total. The molecule has 1 aliphatic heterocycles. The molecular weight excluding hydrogens is 252 g/mol. The van der Waals surface area contributed by atoms with Gasteiger partial charge in [0.05, 0.1) is 7.11 Å². The maximum Gasteiger partial charge on any atom is 0.322 e. The number of carbonyl (C=O) groups excluding carboxylic acids is 1. The van der Waals surface area contributed by atoms with Crippen molar-refractivity contribution in [3.63, 3.8) is 0 Å². The summed E-state index contributed by atoms with van der Waals surface area (Å²) < 4.78 is 15.1. The first kappa shape index (κ1) is 11.7. The van der Waals surface area contributed by atoms with E-state index < -0.39 is 4.75 Å². The number of benzene rings is 1. The van der Waals surface area contributed by atoms with E-state index in [9.17, 15) is 4.79 Å². The van der Waals surface area contributed by atoms with Gasteiger partial charge in [-0.3, -0.25) is 4.79 Å². The van der Waals surface area contributed by atoms with Crippen LogP contribution in [0, 0.1) is 0 Å². The summed E-state index contributed by atoms with van der Waals surface area (Å²) in [7, 11) is 1.45. The zero-order valence-corrected chi connectivity index (χ0v) is 10.9. The van der Waals surface area contributed by atoms with Crippen LogP contribution in [0.4, 0.5) is 0 Å². The Balaban J connectivity index is 1.81. The lowest BCUT2D eigenvalue weighted by Gasteiger charge is -2.38. The van der Waals surface area contributed by atoms with Crippen LogP contribution in [0.15, 0.2) is 23.1 Å². The fourth-order valence-corrected chi connectivity index (χ4v) is 3.61. The Morgan fingerprint density at radius 1 is 1.33 bits per heavy atom. The summed E-state index contributed by atoms with van der Waals surface area (Å²) in [5, 5.41) is 0. The second kappa shape index (κ2) is 4.39. The first-order valence-corrected chi connectivity index (χ1v) is 6.72. The van der Waals surface area contributed by atoms with Crippen molar-refractivity contribution in [2.45, 2.75) is 28.9 Å². The molecule has 0 bridgehead atoms. The Labute approximate surface area is 110 Å². The maximum absolute atomic E-state index is 11.9. The van der Waals surface area contributed by atoms with Crippen molar-refractivity contribution in [3.8, 4) is 11.5 Å². The molecule has 0 saturated heterocycles. The minimum Gasteiger partial charge on any atom is -0.468 e. The summed E-state index contributed by atoms with van der Waals surface area (Å²) >= 11 is 1.57. The van der Waals surface area contributed by atoms with Crippen LogP contribution in [-0.4, -0.2) is 24.6 Å². The first-order chi connectivity index (χ1) is 8.73. The number of hydrogen-bond donors (Lipinski definition) is 0. The number of ether oxygens (including phenoxy) is 3. The Morgan fingerprint density at radius 2 is 2.11 bits per heavy atom. The van der Waals surface area contributed by atoms with Gasteiger partial charge in [0.15, 0.2) is 11.5 Å². The number of methoxy groups -OCH3 is 1. The van der Waals surface area contributed by atoms with Crippen LogP contribution in [0.1, 0.15) is 19.3 Å². The second-order valence-corrected chi connectivity index (χ2v) is 5.91. The van der Waals surface area contributed by atoms with Gasteiger partial charge in [-0.05, 0) is 37.5 Å². The van der Waals surface area contributed by atoms with E-state index in [4.69, 9.17) is 14.2 Å². The molecule has 0 spiro atoms.